The van der Waals surface area contributed by atoms with Crippen LogP contribution in [0.2, 0.25) is 0 Å². The second-order valence-corrected chi connectivity index (χ2v) is 5.22. The first kappa shape index (κ1) is 12.2. The molecular formula is C14H10BrFN2O. The smallest absolute Gasteiger partial charge is 0.251 e. The van der Waals surface area contributed by atoms with Crippen LogP contribution in [-0.2, 0) is 4.79 Å². The lowest BCUT2D eigenvalue weighted by atomic mass is 10.1. The van der Waals surface area contributed by atoms with Crippen LogP contribution in [0, 0.1) is 5.82 Å². The van der Waals surface area contributed by atoms with Gasteiger partial charge in [-0.2, -0.15) is 0 Å². The minimum Gasteiger partial charge on any atom is -0.370 e. The predicted molar refractivity (Wildman–Crippen MR) is 75.5 cm³/mol. The first-order valence-corrected chi connectivity index (χ1v) is 6.55. The van der Waals surface area contributed by atoms with Crippen LogP contribution < -0.4 is 10.6 Å². The van der Waals surface area contributed by atoms with E-state index in [1.54, 1.807) is 6.07 Å². The number of carbonyl (C=O) groups excluding carboxylic acids is 1. The van der Waals surface area contributed by atoms with Crippen LogP contribution in [0.1, 0.15) is 11.6 Å². The van der Waals surface area contributed by atoms with E-state index in [4.69, 9.17) is 0 Å². The van der Waals surface area contributed by atoms with Crippen LogP contribution in [0.3, 0.4) is 0 Å². The van der Waals surface area contributed by atoms with E-state index >= 15 is 0 Å². The van der Waals surface area contributed by atoms with Gasteiger partial charge in [0.1, 0.15) is 11.9 Å². The molecule has 19 heavy (non-hydrogen) atoms. The zero-order valence-corrected chi connectivity index (χ0v) is 11.4. The van der Waals surface area contributed by atoms with E-state index in [0.717, 1.165) is 15.7 Å². The SMILES string of the molecule is O=C1Nc2cc(F)ccc2C1Nc1ccc(Br)cc1. The Labute approximate surface area is 118 Å². The van der Waals surface area contributed by atoms with Crippen molar-refractivity contribution in [2.24, 2.45) is 0 Å². The summed E-state index contributed by atoms with van der Waals surface area (Å²) in [6.07, 6.45) is 0. The number of hydrogen-bond donors (Lipinski definition) is 2. The van der Waals surface area contributed by atoms with Gasteiger partial charge < -0.3 is 10.6 Å². The Balaban J connectivity index is 1.90. The summed E-state index contributed by atoms with van der Waals surface area (Å²) < 4.78 is 14.1. The molecule has 1 aliphatic heterocycles. The number of fused-ring (bicyclic) bond motifs is 1. The molecule has 1 unspecified atom stereocenters. The maximum Gasteiger partial charge on any atom is 0.251 e. The van der Waals surface area contributed by atoms with Crippen LogP contribution >= 0.6 is 15.9 Å². The molecule has 96 valence electrons. The quantitative estimate of drug-likeness (QED) is 0.886. The summed E-state index contributed by atoms with van der Waals surface area (Å²) in [5, 5.41) is 5.81. The van der Waals surface area contributed by atoms with Gasteiger partial charge in [-0.1, -0.05) is 22.0 Å². The standard InChI is InChI=1S/C14H10BrFN2O/c15-8-1-4-10(5-2-8)17-13-11-6-3-9(16)7-12(11)18-14(13)19/h1-7,13,17H,(H,18,19). The largest absolute Gasteiger partial charge is 0.370 e. The number of halogens is 2. The summed E-state index contributed by atoms with van der Waals surface area (Å²) in [4.78, 5) is 11.9. The molecule has 2 aromatic rings. The molecule has 0 radical (unpaired) electrons. The molecule has 0 aromatic heterocycles. The van der Waals surface area contributed by atoms with Crippen molar-refractivity contribution < 1.29 is 9.18 Å². The maximum absolute atomic E-state index is 13.1. The van der Waals surface area contributed by atoms with Gasteiger partial charge in [-0.15, -0.1) is 0 Å². The molecule has 1 heterocycles. The van der Waals surface area contributed by atoms with Crippen LogP contribution in [0.25, 0.3) is 0 Å². The van der Waals surface area contributed by atoms with Crippen molar-refractivity contribution in [3.63, 3.8) is 0 Å². The van der Waals surface area contributed by atoms with Crippen LogP contribution in [0.4, 0.5) is 15.8 Å². The third-order valence-electron chi connectivity index (χ3n) is 3.00. The topological polar surface area (TPSA) is 41.1 Å². The Kier molecular flexibility index (Phi) is 2.98. The fourth-order valence-electron chi connectivity index (χ4n) is 2.09. The van der Waals surface area contributed by atoms with Crippen LogP contribution in [-0.4, -0.2) is 5.91 Å². The molecule has 5 heteroatoms. The van der Waals surface area contributed by atoms with E-state index in [1.807, 2.05) is 24.3 Å². The number of amides is 1. The summed E-state index contributed by atoms with van der Waals surface area (Å²) in [5.41, 5.74) is 2.12. The Morgan fingerprint density at radius 1 is 1.16 bits per heavy atom. The Bertz CT molecular complexity index is 642. The highest BCUT2D eigenvalue weighted by molar-refractivity contribution is 9.10. The van der Waals surface area contributed by atoms with Crippen LogP contribution in [0.15, 0.2) is 46.9 Å². The van der Waals surface area contributed by atoms with Crippen molar-refractivity contribution in [3.8, 4) is 0 Å². The van der Waals surface area contributed by atoms with Crippen molar-refractivity contribution in [1.29, 1.82) is 0 Å². The maximum atomic E-state index is 13.1. The van der Waals surface area contributed by atoms with Gasteiger partial charge in [-0.3, -0.25) is 4.79 Å². The number of nitrogens with one attached hydrogen (secondary N) is 2. The molecule has 0 aliphatic carbocycles. The molecule has 3 rings (SSSR count). The molecular weight excluding hydrogens is 311 g/mol. The monoisotopic (exact) mass is 320 g/mol. The van der Waals surface area contributed by atoms with Crippen molar-refractivity contribution in [2.75, 3.05) is 10.6 Å². The number of carbonyl (C=O) groups is 1. The highest BCUT2D eigenvalue weighted by Crippen LogP contribution is 2.33. The zero-order valence-electron chi connectivity index (χ0n) is 9.78. The van der Waals surface area contributed by atoms with Gasteiger partial charge >= 0.3 is 0 Å². The fraction of sp³-hybridized carbons (Fsp3) is 0.0714. The summed E-state index contributed by atoms with van der Waals surface area (Å²) in [6, 6.07) is 11.3. The molecule has 0 saturated heterocycles. The molecule has 1 amide bonds. The summed E-state index contributed by atoms with van der Waals surface area (Å²) in [6.45, 7) is 0. The van der Waals surface area contributed by atoms with Gasteiger partial charge in [0.05, 0.1) is 0 Å². The van der Waals surface area contributed by atoms with E-state index in [-0.39, 0.29) is 11.7 Å². The number of rotatable bonds is 2. The van der Waals surface area contributed by atoms with Gasteiger partial charge in [0.25, 0.3) is 5.91 Å². The normalized spacial score (nSPS) is 16.9. The minimum atomic E-state index is -0.489. The summed E-state index contributed by atoms with van der Waals surface area (Å²) in [5.74, 6) is -0.535. The Morgan fingerprint density at radius 2 is 1.89 bits per heavy atom. The molecule has 0 spiro atoms. The molecule has 0 bridgehead atoms. The Hall–Kier alpha value is -1.88. The van der Waals surface area contributed by atoms with Crippen molar-refractivity contribution in [1.82, 2.24) is 0 Å². The van der Waals surface area contributed by atoms with E-state index in [0.29, 0.717) is 5.69 Å². The zero-order chi connectivity index (χ0) is 13.4. The van der Waals surface area contributed by atoms with Gasteiger partial charge in [0, 0.05) is 21.4 Å². The Morgan fingerprint density at radius 3 is 2.63 bits per heavy atom. The van der Waals surface area contributed by atoms with E-state index in [2.05, 4.69) is 26.6 Å². The van der Waals surface area contributed by atoms with E-state index in [1.165, 1.54) is 12.1 Å². The molecule has 0 fully saturated rings. The van der Waals surface area contributed by atoms with Gasteiger partial charge in [0.15, 0.2) is 0 Å². The summed E-state index contributed by atoms with van der Waals surface area (Å²) in [7, 11) is 0. The molecule has 2 aromatic carbocycles. The number of benzene rings is 2. The average molecular weight is 321 g/mol. The second kappa shape index (κ2) is 4.66. The van der Waals surface area contributed by atoms with E-state index in [9.17, 15) is 9.18 Å². The average Bonchev–Trinajstić information content (AvgIpc) is 2.68. The first-order chi connectivity index (χ1) is 9.13. The summed E-state index contributed by atoms with van der Waals surface area (Å²) >= 11 is 3.36. The fourth-order valence-corrected chi connectivity index (χ4v) is 2.36. The molecule has 1 aliphatic rings. The van der Waals surface area contributed by atoms with Gasteiger partial charge in [-0.05, 0) is 36.4 Å². The molecule has 3 nitrogen and oxygen atoms in total. The molecule has 1 atom stereocenters. The van der Waals surface area contributed by atoms with Crippen LogP contribution in [0.5, 0.6) is 0 Å². The number of hydrogen-bond acceptors (Lipinski definition) is 2. The second-order valence-electron chi connectivity index (χ2n) is 4.31. The minimum absolute atomic E-state index is 0.177. The highest BCUT2D eigenvalue weighted by Gasteiger charge is 2.30. The highest BCUT2D eigenvalue weighted by atomic mass is 79.9. The lowest BCUT2D eigenvalue weighted by Gasteiger charge is -2.13. The lowest BCUT2D eigenvalue weighted by Crippen LogP contribution is -2.19. The van der Waals surface area contributed by atoms with Crippen molar-refractivity contribution >= 4 is 33.2 Å². The van der Waals surface area contributed by atoms with Crippen molar-refractivity contribution in [2.45, 2.75) is 6.04 Å². The molecule has 2 N–H and O–H groups in total. The molecule has 0 saturated carbocycles. The van der Waals surface area contributed by atoms with E-state index < -0.39 is 6.04 Å². The number of anilines is 2. The van der Waals surface area contributed by atoms with Gasteiger partial charge in [0.2, 0.25) is 0 Å². The van der Waals surface area contributed by atoms with Gasteiger partial charge in [-0.25, -0.2) is 4.39 Å². The lowest BCUT2D eigenvalue weighted by molar-refractivity contribution is -0.116. The predicted octanol–water partition coefficient (Wildman–Crippen LogP) is 3.69. The van der Waals surface area contributed by atoms with Crippen molar-refractivity contribution in [3.05, 3.63) is 58.3 Å². The first-order valence-electron chi connectivity index (χ1n) is 5.76. The third-order valence-corrected chi connectivity index (χ3v) is 3.53. The third kappa shape index (κ3) is 2.33.